The van der Waals surface area contributed by atoms with Gasteiger partial charge in [0.2, 0.25) is 0 Å². The molecule has 0 aliphatic carbocycles. The van der Waals surface area contributed by atoms with Crippen molar-refractivity contribution in [3.63, 3.8) is 0 Å². The van der Waals surface area contributed by atoms with Crippen molar-refractivity contribution in [3.8, 4) is 0 Å². The summed E-state index contributed by atoms with van der Waals surface area (Å²) in [7, 11) is 0. The number of carbonyl (C=O) groups is 2. The summed E-state index contributed by atoms with van der Waals surface area (Å²) in [5.41, 5.74) is 4.59. The first kappa shape index (κ1) is 13.7. The van der Waals surface area contributed by atoms with Crippen LogP contribution in [0.1, 0.15) is 20.2 Å². The molecule has 0 aliphatic heterocycles. The maximum Gasteiger partial charge on any atom is 0.305 e. The molecule has 7 heteroatoms. The van der Waals surface area contributed by atoms with Gasteiger partial charge in [0.1, 0.15) is 4.88 Å². The van der Waals surface area contributed by atoms with Gasteiger partial charge in [-0.2, -0.15) is 0 Å². The number of thiophene rings is 1. The number of benzene rings is 1. The summed E-state index contributed by atoms with van der Waals surface area (Å²) in [6.45, 7) is 0. The smallest absolute Gasteiger partial charge is 0.305 e. The molecule has 3 aromatic rings. The molecule has 2 heterocycles. The van der Waals surface area contributed by atoms with E-state index in [1.54, 1.807) is 6.07 Å². The fourth-order valence-electron chi connectivity index (χ4n) is 1.80. The molecular formula is C14H9ClN2O3S. The van der Waals surface area contributed by atoms with Crippen LogP contribution in [0, 0.1) is 0 Å². The van der Waals surface area contributed by atoms with Crippen molar-refractivity contribution in [2.75, 3.05) is 0 Å². The van der Waals surface area contributed by atoms with Crippen molar-refractivity contribution in [3.05, 3.63) is 58.3 Å². The van der Waals surface area contributed by atoms with Crippen molar-refractivity contribution in [1.82, 2.24) is 10.9 Å². The molecule has 0 saturated carbocycles. The van der Waals surface area contributed by atoms with Gasteiger partial charge in [-0.15, -0.1) is 11.3 Å². The molecule has 0 radical (unpaired) electrons. The Labute approximate surface area is 128 Å². The van der Waals surface area contributed by atoms with E-state index < -0.39 is 11.8 Å². The third-order valence-corrected chi connectivity index (χ3v) is 4.45. The highest BCUT2D eigenvalue weighted by Gasteiger charge is 2.18. The average Bonchev–Trinajstić information content (AvgIpc) is 3.13. The Kier molecular flexibility index (Phi) is 3.64. The minimum absolute atomic E-state index is 0.109. The van der Waals surface area contributed by atoms with Crippen molar-refractivity contribution in [2.45, 2.75) is 0 Å². The standard InChI is InChI=1S/C14H9ClN2O3S/c15-11-8-4-1-2-6-10(8)21-12(11)14(19)17-16-13(18)9-5-3-7-20-9/h1-7H,(H,16,18)(H,17,19). The van der Waals surface area contributed by atoms with Crippen LogP contribution in [0.5, 0.6) is 0 Å². The first-order valence-electron chi connectivity index (χ1n) is 5.98. The van der Waals surface area contributed by atoms with Crippen molar-refractivity contribution >= 4 is 44.8 Å². The van der Waals surface area contributed by atoms with E-state index in [-0.39, 0.29) is 5.76 Å². The number of nitrogens with one attached hydrogen (secondary N) is 2. The summed E-state index contributed by atoms with van der Waals surface area (Å²) >= 11 is 7.45. The van der Waals surface area contributed by atoms with E-state index in [0.29, 0.717) is 9.90 Å². The van der Waals surface area contributed by atoms with Crippen LogP contribution < -0.4 is 10.9 Å². The second-order valence-electron chi connectivity index (χ2n) is 4.13. The number of furan rings is 1. The Hall–Kier alpha value is -2.31. The van der Waals surface area contributed by atoms with E-state index in [9.17, 15) is 9.59 Å². The van der Waals surface area contributed by atoms with Gasteiger partial charge < -0.3 is 4.42 Å². The molecule has 106 valence electrons. The second-order valence-corrected chi connectivity index (χ2v) is 5.56. The van der Waals surface area contributed by atoms with Crippen LogP contribution in [0.4, 0.5) is 0 Å². The Morgan fingerprint density at radius 1 is 1.05 bits per heavy atom. The Balaban J connectivity index is 1.75. The number of carbonyl (C=O) groups excluding carboxylic acids is 2. The van der Waals surface area contributed by atoms with E-state index in [0.717, 1.165) is 10.1 Å². The Morgan fingerprint density at radius 2 is 1.81 bits per heavy atom. The second kappa shape index (κ2) is 5.59. The van der Waals surface area contributed by atoms with E-state index in [2.05, 4.69) is 10.9 Å². The molecule has 3 rings (SSSR count). The lowest BCUT2D eigenvalue weighted by Crippen LogP contribution is -2.41. The fourth-order valence-corrected chi connectivity index (χ4v) is 3.21. The molecule has 0 unspecified atom stereocenters. The fraction of sp³-hybridized carbons (Fsp3) is 0. The number of fused-ring (bicyclic) bond motifs is 1. The maximum atomic E-state index is 12.1. The van der Waals surface area contributed by atoms with Crippen LogP contribution >= 0.6 is 22.9 Å². The van der Waals surface area contributed by atoms with Gasteiger partial charge in [-0.05, 0) is 18.2 Å². The van der Waals surface area contributed by atoms with Crippen molar-refractivity contribution in [2.24, 2.45) is 0 Å². The highest BCUT2D eigenvalue weighted by Crippen LogP contribution is 2.34. The van der Waals surface area contributed by atoms with Gasteiger partial charge in [-0.25, -0.2) is 0 Å². The summed E-state index contributed by atoms with van der Waals surface area (Å²) in [5.74, 6) is -0.899. The molecule has 0 bridgehead atoms. The molecule has 2 aromatic heterocycles. The van der Waals surface area contributed by atoms with Crippen LogP contribution in [-0.2, 0) is 0 Å². The number of hydrogen-bond donors (Lipinski definition) is 2. The highest BCUT2D eigenvalue weighted by molar-refractivity contribution is 7.21. The van der Waals surface area contributed by atoms with Gasteiger partial charge >= 0.3 is 5.91 Å². The summed E-state index contributed by atoms with van der Waals surface area (Å²) in [6, 6.07) is 10.5. The summed E-state index contributed by atoms with van der Waals surface area (Å²) in [4.78, 5) is 24.1. The number of amides is 2. The van der Waals surface area contributed by atoms with Crippen LogP contribution in [0.15, 0.2) is 47.1 Å². The van der Waals surface area contributed by atoms with Crippen LogP contribution in [0.3, 0.4) is 0 Å². The quantitative estimate of drug-likeness (QED) is 0.712. The minimum atomic E-state index is -0.536. The molecular weight excluding hydrogens is 312 g/mol. The lowest BCUT2D eigenvalue weighted by molar-refractivity contribution is 0.0833. The molecule has 0 saturated heterocycles. The first-order chi connectivity index (χ1) is 10.2. The molecule has 0 atom stereocenters. The van der Waals surface area contributed by atoms with Gasteiger partial charge in [-0.1, -0.05) is 29.8 Å². The molecule has 2 N–H and O–H groups in total. The van der Waals surface area contributed by atoms with E-state index in [1.807, 2.05) is 24.3 Å². The predicted octanol–water partition coefficient (Wildman–Crippen LogP) is 3.22. The van der Waals surface area contributed by atoms with Gasteiger partial charge in [0.25, 0.3) is 5.91 Å². The van der Waals surface area contributed by atoms with Crippen LogP contribution in [0.25, 0.3) is 10.1 Å². The molecule has 0 aliphatic rings. The SMILES string of the molecule is O=C(NNC(=O)c1sc2ccccc2c1Cl)c1ccco1. The Bertz CT molecular complexity index is 811. The first-order valence-corrected chi connectivity index (χ1v) is 7.17. The summed E-state index contributed by atoms with van der Waals surface area (Å²) < 4.78 is 5.83. The highest BCUT2D eigenvalue weighted by atomic mass is 35.5. The number of rotatable bonds is 2. The monoisotopic (exact) mass is 320 g/mol. The van der Waals surface area contributed by atoms with Crippen molar-refractivity contribution in [1.29, 1.82) is 0 Å². The zero-order chi connectivity index (χ0) is 14.8. The van der Waals surface area contributed by atoms with Gasteiger partial charge in [0, 0.05) is 10.1 Å². The lowest BCUT2D eigenvalue weighted by Gasteiger charge is -2.04. The average molecular weight is 321 g/mol. The predicted molar refractivity (Wildman–Crippen MR) is 80.5 cm³/mol. The zero-order valence-electron chi connectivity index (χ0n) is 10.6. The lowest BCUT2D eigenvalue weighted by atomic mass is 10.2. The zero-order valence-corrected chi connectivity index (χ0v) is 12.1. The number of hydrogen-bond acceptors (Lipinski definition) is 4. The molecule has 0 spiro atoms. The number of halogens is 1. The largest absolute Gasteiger partial charge is 0.459 e. The minimum Gasteiger partial charge on any atom is -0.459 e. The van der Waals surface area contributed by atoms with E-state index in [4.69, 9.17) is 16.0 Å². The van der Waals surface area contributed by atoms with Gasteiger partial charge in [0.15, 0.2) is 5.76 Å². The maximum absolute atomic E-state index is 12.1. The van der Waals surface area contributed by atoms with Crippen LogP contribution in [-0.4, -0.2) is 11.8 Å². The Morgan fingerprint density at radius 3 is 2.52 bits per heavy atom. The molecule has 0 fully saturated rings. The molecule has 1 aromatic carbocycles. The number of hydrazine groups is 1. The molecule has 2 amide bonds. The van der Waals surface area contributed by atoms with E-state index in [1.165, 1.54) is 23.7 Å². The normalized spacial score (nSPS) is 10.5. The van der Waals surface area contributed by atoms with Gasteiger partial charge in [-0.3, -0.25) is 20.4 Å². The summed E-state index contributed by atoms with van der Waals surface area (Å²) in [6.07, 6.45) is 1.37. The summed E-state index contributed by atoms with van der Waals surface area (Å²) in [5, 5.41) is 1.19. The third kappa shape index (κ3) is 2.63. The topological polar surface area (TPSA) is 71.3 Å². The van der Waals surface area contributed by atoms with Crippen LogP contribution in [0.2, 0.25) is 5.02 Å². The molecule has 21 heavy (non-hydrogen) atoms. The van der Waals surface area contributed by atoms with Gasteiger partial charge in [0.05, 0.1) is 11.3 Å². The molecule has 5 nitrogen and oxygen atoms in total. The van der Waals surface area contributed by atoms with Crippen molar-refractivity contribution < 1.29 is 14.0 Å². The van der Waals surface area contributed by atoms with E-state index >= 15 is 0 Å². The third-order valence-electron chi connectivity index (χ3n) is 2.78.